The highest BCUT2D eigenvalue weighted by molar-refractivity contribution is 5.77. The van der Waals surface area contributed by atoms with Gasteiger partial charge in [-0.05, 0) is 19.1 Å². The zero-order chi connectivity index (χ0) is 14.7. The van der Waals surface area contributed by atoms with Crippen LogP contribution in [0, 0.1) is 6.92 Å². The Morgan fingerprint density at radius 1 is 1.50 bits per heavy atom. The maximum absolute atomic E-state index is 11.2. The van der Waals surface area contributed by atoms with E-state index in [2.05, 4.69) is 10.3 Å². The Labute approximate surface area is 115 Å². The Balaban J connectivity index is 2.38. The minimum absolute atomic E-state index is 0.115. The molecule has 2 N–H and O–H groups in total. The summed E-state index contributed by atoms with van der Waals surface area (Å²) in [5, 5.41) is 11.4. The molecule has 0 unspecified atom stereocenters. The van der Waals surface area contributed by atoms with E-state index in [-0.39, 0.29) is 18.9 Å². The molecule has 0 aliphatic rings. The molecule has 106 valence electrons. The summed E-state index contributed by atoms with van der Waals surface area (Å²) >= 11 is 0. The Hall–Kier alpha value is -2.57. The second-order valence-electron chi connectivity index (χ2n) is 4.24. The zero-order valence-electron chi connectivity index (χ0n) is 11.2. The third-order valence-electron chi connectivity index (χ3n) is 2.87. The van der Waals surface area contributed by atoms with Crippen molar-refractivity contribution in [2.75, 3.05) is 13.7 Å². The van der Waals surface area contributed by atoms with Crippen molar-refractivity contribution in [3.8, 4) is 5.75 Å². The SMILES string of the molecule is CNC(=O)COc1cccn2c(CC(=O)O)c(C)nc12. The molecule has 20 heavy (non-hydrogen) atoms. The molecule has 2 rings (SSSR count). The average Bonchev–Trinajstić information content (AvgIpc) is 2.72. The van der Waals surface area contributed by atoms with Crippen molar-refractivity contribution in [2.24, 2.45) is 0 Å². The smallest absolute Gasteiger partial charge is 0.309 e. The molecule has 2 aromatic heterocycles. The number of amides is 1. The first-order valence-electron chi connectivity index (χ1n) is 6.04. The number of fused-ring (bicyclic) bond motifs is 1. The Bertz CT molecular complexity index is 663. The predicted octanol–water partition coefficient (Wildman–Crippen LogP) is 0.395. The summed E-state index contributed by atoms with van der Waals surface area (Å²) in [5.74, 6) is -0.733. The molecule has 1 amide bonds. The number of pyridine rings is 1. The van der Waals surface area contributed by atoms with Gasteiger partial charge in [0.1, 0.15) is 0 Å². The largest absolute Gasteiger partial charge is 0.481 e. The van der Waals surface area contributed by atoms with E-state index in [4.69, 9.17) is 9.84 Å². The predicted molar refractivity (Wildman–Crippen MR) is 70.8 cm³/mol. The van der Waals surface area contributed by atoms with Crippen LogP contribution in [-0.4, -0.2) is 40.0 Å². The normalized spacial score (nSPS) is 10.5. The molecule has 0 atom stereocenters. The van der Waals surface area contributed by atoms with E-state index in [9.17, 15) is 9.59 Å². The van der Waals surface area contributed by atoms with Gasteiger partial charge in [-0.25, -0.2) is 4.98 Å². The van der Waals surface area contributed by atoms with Crippen LogP contribution in [0.1, 0.15) is 11.4 Å². The van der Waals surface area contributed by atoms with Crippen molar-refractivity contribution in [1.29, 1.82) is 0 Å². The van der Waals surface area contributed by atoms with Crippen LogP contribution in [0.15, 0.2) is 18.3 Å². The first-order chi connectivity index (χ1) is 9.52. The lowest BCUT2D eigenvalue weighted by atomic mass is 10.2. The van der Waals surface area contributed by atoms with E-state index < -0.39 is 5.97 Å². The summed E-state index contributed by atoms with van der Waals surface area (Å²) in [5.41, 5.74) is 1.73. The second-order valence-corrected chi connectivity index (χ2v) is 4.24. The zero-order valence-corrected chi connectivity index (χ0v) is 11.2. The third-order valence-corrected chi connectivity index (χ3v) is 2.87. The highest BCUT2D eigenvalue weighted by atomic mass is 16.5. The Morgan fingerprint density at radius 3 is 2.90 bits per heavy atom. The molecular formula is C13H15N3O4. The highest BCUT2D eigenvalue weighted by Gasteiger charge is 2.15. The number of hydrogen-bond donors (Lipinski definition) is 2. The van der Waals surface area contributed by atoms with Crippen molar-refractivity contribution in [2.45, 2.75) is 13.3 Å². The number of carbonyl (C=O) groups excluding carboxylic acids is 1. The average molecular weight is 277 g/mol. The number of nitrogens with one attached hydrogen (secondary N) is 1. The number of rotatable bonds is 5. The molecular weight excluding hydrogens is 262 g/mol. The molecule has 0 bridgehead atoms. The number of aryl methyl sites for hydroxylation is 1. The fraction of sp³-hybridized carbons (Fsp3) is 0.308. The minimum Gasteiger partial charge on any atom is -0.481 e. The summed E-state index contributed by atoms with van der Waals surface area (Å²) in [4.78, 5) is 26.4. The van der Waals surface area contributed by atoms with Crippen LogP contribution in [0.4, 0.5) is 0 Å². The Kier molecular flexibility index (Phi) is 3.88. The van der Waals surface area contributed by atoms with E-state index in [0.717, 1.165) is 0 Å². The van der Waals surface area contributed by atoms with Gasteiger partial charge in [0.2, 0.25) is 0 Å². The van der Waals surface area contributed by atoms with Gasteiger partial charge in [0, 0.05) is 13.2 Å². The lowest BCUT2D eigenvalue weighted by molar-refractivity contribution is -0.136. The van der Waals surface area contributed by atoms with Gasteiger partial charge in [-0.3, -0.25) is 9.59 Å². The minimum atomic E-state index is -0.924. The van der Waals surface area contributed by atoms with Crippen LogP contribution in [0.2, 0.25) is 0 Å². The van der Waals surface area contributed by atoms with E-state index in [1.165, 1.54) is 7.05 Å². The molecule has 0 aliphatic carbocycles. The van der Waals surface area contributed by atoms with Crippen molar-refractivity contribution in [3.05, 3.63) is 29.7 Å². The van der Waals surface area contributed by atoms with Gasteiger partial charge in [-0.1, -0.05) is 0 Å². The van der Waals surface area contributed by atoms with Crippen LogP contribution in [0.5, 0.6) is 5.75 Å². The number of ether oxygens (including phenoxy) is 1. The summed E-state index contributed by atoms with van der Waals surface area (Å²) in [7, 11) is 1.52. The van der Waals surface area contributed by atoms with E-state index in [1.807, 2.05) is 0 Å². The second kappa shape index (κ2) is 5.60. The van der Waals surface area contributed by atoms with Gasteiger partial charge >= 0.3 is 5.97 Å². The van der Waals surface area contributed by atoms with E-state index >= 15 is 0 Å². The molecule has 7 heteroatoms. The number of imidazole rings is 1. The third kappa shape index (κ3) is 2.71. The van der Waals surface area contributed by atoms with Gasteiger partial charge in [0.05, 0.1) is 17.8 Å². The van der Waals surface area contributed by atoms with Crippen molar-refractivity contribution >= 4 is 17.5 Å². The number of carbonyl (C=O) groups is 2. The van der Waals surface area contributed by atoms with Gasteiger partial charge in [-0.2, -0.15) is 0 Å². The van der Waals surface area contributed by atoms with Crippen molar-refractivity contribution < 1.29 is 19.4 Å². The molecule has 0 aliphatic heterocycles. The van der Waals surface area contributed by atoms with Crippen LogP contribution in [0.3, 0.4) is 0 Å². The van der Waals surface area contributed by atoms with Gasteiger partial charge in [-0.15, -0.1) is 0 Å². The molecule has 0 spiro atoms. The quantitative estimate of drug-likeness (QED) is 0.825. The number of nitrogens with zero attached hydrogens (tertiary/aromatic N) is 2. The molecule has 2 aromatic rings. The summed E-state index contributed by atoms with van der Waals surface area (Å²) in [6, 6.07) is 3.41. The first-order valence-corrected chi connectivity index (χ1v) is 6.04. The monoisotopic (exact) mass is 277 g/mol. The van der Waals surface area contributed by atoms with E-state index in [1.54, 1.807) is 29.7 Å². The topological polar surface area (TPSA) is 92.9 Å². The molecule has 0 aromatic carbocycles. The maximum atomic E-state index is 11.2. The molecule has 0 radical (unpaired) electrons. The Morgan fingerprint density at radius 2 is 2.25 bits per heavy atom. The lowest BCUT2D eigenvalue weighted by Gasteiger charge is -2.07. The molecule has 0 saturated heterocycles. The van der Waals surface area contributed by atoms with Crippen LogP contribution < -0.4 is 10.1 Å². The number of hydrogen-bond acceptors (Lipinski definition) is 4. The maximum Gasteiger partial charge on any atom is 0.309 e. The molecule has 0 fully saturated rings. The fourth-order valence-electron chi connectivity index (χ4n) is 1.89. The van der Waals surface area contributed by atoms with Crippen LogP contribution >= 0.6 is 0 Å². The number of likely N-dealkylation sites (N-methyl/N-ethyl adjacent to an activating group) is 1. The number of carboxylic acid groups (broad SMARTS) is 1. The van der Waals surface area contributed by atoms with Crippen LogP contribution in [0.25, 0.3) is 5.65 Å². The van der Waals surface area contributed by atoms with E-state index in [0.29, 0.717) is 22.8 Å². The number of aliphatic carboxylic acids is 1. The summed E-state index contributed by atoms with van der Waals surface area (Å²) in [6.45, 7) is 1.63. The molecule has 2 heterocycles. The fourth-order valence-corrected chi connectivity index (χ4v) is 1.89. The van der Waals surface area contributed by atoms with Crippen LogP contribution in [-0.2, 0) is 16.0 Å². The standard InChI is InChI=1S/C13H15N3O4/c1-8-9(6-12(18)19)16-5-3-4-10(13(16)15-8)20-7-11(17)14-2/h3-5H,6-7H2,1-2H3,(H,14,17)(H,18,19). The summed E-state index contributed by atoms with van der Waals surface area (Å²) in [6.07, 6.45) is 1.60. The van der Waals surface area contributed by atoms with Crippen molar-refractivity contribution in [3.63, 3.8) is 0 Å². The highest BCUT2D eigenvalue weighted by Crippen LogP contribution is 2.22. The van der Waals surface area contributed by atoms with Crippen molar-refractivity contribution in [1.82, 2.24) is 14.7 Å². The van der Waals surface area contributed by atoms with Gasteiger partial charge < -0.3 is 19.6 Å². The van der Waals surface area contributed by atoms with Gasteiger partial charge in [0.15, 0.2) is 18.0 Å². The van der Waals surface area contributed by atoms with Gasteiger partial charge in [0.25, 0.3) is 5.91 Å². The molecule has 7 nitrogen and oxygen atoms in total. The lowest BCUT2D eigenvalue weighted by Crippen LogP contribution is -2.24. The summed E-state index contributed by atoms with van der Waals surface area (Å²) < 4.78 is 7.07. The molecule has 0 saturated carbocycles. The number of aromatic nitrogens is 2. The first kappa shape index (κ1) is 13.9. The number of carboxylic acids is 1.